The Morgan fingerprint density at radius 1 is 1.06 bits per heavy atom. The third-order valence-corrected chi connectivity index (χ3v) is 5.24. The van der Waals surface area contributed by atoms with Gasteiger partial charge < -0.3 is 10.1 Å². The maximum atomic E-state index is 13.4. The minimum atomic E-state index is -0.373. The quantitative estimate of drug-likeness (QED) is 0.403. The van der Waals surface area contributed by atoms with Gasteiger partial charge in [0.05, 0.1) is 25.0 Å². The Morgan fingerprint density at radius 2 is 1.91 bits per heavy atom. The number of ether oxygens (including phenoxy) is 1. The number of hydrogen-bond acceptors (Lipinski definition) is 6. The normalized spacial score (nSPS) is 11.8. The lowest BCUT2D eigenvalue weighted by molar-refractivity contribution is -0.120. The van der Waals surface area contributed by atoms with Crippen LogP contribution in [0.2, 0.25) is 0 Å². The molecule has 162 valence electrons. The average Bonchev–Trinajstić information content (AvgIpc) is 3.38. The number of aromatic amines is 1. The number of carbonyl (C=O) groups is 1. The molecule has 1 atom stereocenters. The van der Waals surface area contributed by atoms with Crippen molar-refractivity contribution in [1.82, 2.24) is 25.5 Å². The van der Waals surface area contributed by atoms with E-state index < -0.39 is 0 Å². The molecule has 0 bridgehead atoms. The van der Waals surface area contributed by atoms with Gasteiger partial charge in [-0.05, 0) is 30.2 Å². The van der Waals surface area contributed by atoms with Crippen LogP contribution in [0.15, 0.2) is 79.4 Å². The van der Waals surface area contributed by atoms with E-state index in [4.69, 9.17) is 4.74 Å². The molecule has 1 aromatic carbocycles. The fraction of sp³-hybridized carbons (Fsp3) is 0.200. The van der Waals surface area contributed by atoms with Gasteiger partial charge in [0.2, 0.25) is 5.88 Å². The molecule has 0 aliphatic carbocycles. The third kappa shape index (κ3) is 5.44. The number of nitrogens with one attached hydrogen (secondary N) is 2. The Bertz CT molecular complexity index is 1130. The molecule has 3 aromatic heterocycles. The van der Waals surface area contributed by atoms with E-state index in [0.29, 0.717) is 18.8 Å². The van der Waals surface area contributed by atoms with E-state index in [-0.39, 0.29) is 18.2 Å². The van der Waals surface area contributed by atoms with E-state index in [1.807, 2.05) is 54.6 Å². The van der Waals surface area contributed by atoms with Crippen molar-refractivity contribution in [3.63, 3.8) is 0 Å². The molecular formula is C25H25N5O2. The van der Waals surface area contributed by atoms with Crippen LogP contribution >= 0.6 is 0 Å². The van der Waals surface area contributed by atoms with Crippen molar-refractivity contribution in [3.05, 3.63) is 96.2 Å². The highest BCUT2D eigenvalue weighted by atomic mass is 16.5. The molecule has 4 aromatic rings. The largest absolute Gasteiger partial charge is 0.481 e. The van der Waals surface area contributed by atoms with E-state index in [0.717, 1.165) is 27.9 Å². The Labute approximate surface area is 186 Å². The minimum Gasteiger partial charge on any atom is -0.481 e. The first-order valence-corrected chi connectivity index (χ1v) is 10.4. The summed E-state index contributed by atoms with van der Waals surface area (Å²) < 4.78 is 5.43. The van der Waals surface area contributed by atoms with Crippen LogP contribution in [0.4, 0.5) is 0 Å². The highest BCUT2D eigenvalue weighted by molar-refractivity contribution is 5.87. The second-order valence-electron chi connectivity index (χ2n) is 7.47. The van der Waals surface area contributed by atoms with Crippen LogP contribution in [-0.2, 0) is 24.2 Å². The summed E-state index contributed by atoms with van der Waals surface area (Å²) in [4.78, 5) is 22.2. The minimum absolute atomic E-state index is 0.0641. The van der Waals surface area contributed by atoms with Gasteiger partial charge >= 0.3 is 0 Å². The van der Waals surface area contributed by atoms with Crippen LogP contribution in [0.25, 0.3) is 11.1 Å². The zero-order valence-electron chi connectivity index (χ0n) is 17.9. The van der Waals surface area contributed by atoms with Crippen LogP contribution in [0.3, 0.4) is 0 Å². The van der Waals surface area contributed by atoms with Crippen molar-refractivity contribution in [2.24, 2.45) is 0 Å². The molecule has 0 fully saturated rings. The SMILES string of the molecule is COc1ncc(-c2cn[nH]c2)cc1CC(=O)[C@H](Cc1ccccc1)NCc1ccccn1. The van der Waals surface area contributed by atoms with Crippen LogP contribution < -0.4 is 10.1 Å². The van der Waals surface area contributed by atoms with Crippen molar-refractivity contribution in [2.45, 2.75) is 25.4 Å². The van der Waals surface area contributed by atoms with Crippen molar-refractivity contribution in [1.29, 1.82) is 0 Å². The van der Waals surface area contributed by atoms with Crippen LogP contribution in [-0.4, -0.2) is 39.1 Å². The number of rotatable bonds is 10. The molecular weight excluding hydrogens is 402 g/mol. The number of methoxy groups -OCH3 is 1. The van der Waals surface area contributed by atoms with E-state index in [9.17, 15) is 4.79 Å². The van der Waals surface area contributed by atoms with Crippen LogP contribution in [0.5, 0.6) is 5.88 Å². The smallest absolute Gasteiger partial charge is 0.216 e. The van der Waals surface area contributed by atoms with Gasteiger partial charge in [-0.2, -0.15) is 5.10 Å². The first-order chi connectivity index (χ1) is 15.7. The molecule has 0 saturated carbocycles. The summed E-state index contributed by atoms with van der Waals surface area (Å²) in [6, 6.07) is 17.3. The molecule has 0 aliphatic heterocycles. The summed E-state index contributed by atoms with van der Waals surface area (Å²) in [5.41, 5.74) is 4.51. The third-order valence-electron chi connectivity index (χ3n) is 5.24. The van der Waals surface area contributed by atoms with E-state index in [1.165, 1.54) is 0 Å². The van der Waals surface area contributed by atoms with E-state index in [1.54, 1.807) is 31.9 Å². The molecule has 0 spiro atoms. The van der Waals surface area contributed by atoms with Crippen LogP contribution in [0, 0.1) is 0 Å². The highest BCUT2D eigenvalue weighted by Crippen LogP contribution is 2.24. The average molecular weight is 428 g/mol. The molecule has 4 rings (SSSR count). The maximum absolute atomic E-state index is 13.4. The summed E-state index contributed by atoms with van der Waals surface area (Å²) in [5.74, 6) is 0.517. The monoisotopic (exact) mass is 427 g/mol. The Hall–Kier alpha value is -3.84. The number of carbonyl (C=O) groups excluding carboxylic acids is 1. The molecule has 2 N–H and O–H groups in total. The predicted molar refractivity (Wildman–Crippen MR) is 122 cm³/mol. The van der Waals surface area contributed by atoms with Gasteiger partial charge in [0.15, 0.2) is 5.78 Å². The fourth-order valence-corrected chi connectivity index (χ4v) is 3.57. The number of benzene rings is 1. The maximum Gasteiger partial charge on any atom is 0.216 e. The summed E-state index contributed by atoms with van der Waals surface area (Å²) in [6.45, 7) is 0.508. The molecule has 0 radical (unpaired) electrons. The zero-order valence-corrected chi connectivity index (χ0v) is 17.9. The molecule has 7 heteroatoms. The lowest BCUT2D eigenvalue weighted by Crippen LogP contribution is -2.39. The first-order valence-electron chi connectivity index (χ1n) is 10.4. The predicted octanol–water partition coefficient (Wildman–Crippen LogP) is 3.39. The first kappa shape index (κ1) is 21.4. The molecule has 3 heterocycles. The van der Waals surface area contributed by atoms with Crippen LogP contribution in [0.1, 0.15) is 16.8 Å². The van der Waals surface area contributed by atoms with Gasteiger partial charge in [0.1, 0.15) is 0 Å². The number of aromatic nitrogens is 4. The van der Waals surface area contributed by atoms with E-state index >= 15 is 0 Å². The Balaban J connectivity index is 1.55. The molecule has 7 nitrogen and oxygen atoms in total. The summed E-state index contributed by atoms with van der Waals surface area (Å²) in [5, 5.41) is 10.2. The van der Waals surface area contributed by atoms with Crippen molar-refractivity contribution in [2.75, 3.05) is 7.11 Å². The number of nitrogens with zero attached hydrogens (tertiary/aromatic N) is 3. The highest BCUT2D eigenvalue weighted by Gasteiger charge is 2.21. The number of H-pyrrole nitrogens is 1. The zero-order chi connectivity index (χ0) is 22.2. The van der Waals surface area contributed by atoms with Gasteiger partial charge in [0, 0.05) is 48.2 Å². The standard InChI is InChI=1S/C25H25N5O2/c1-32-25-19(12-20(14-28-25)21-15-29-30-16-21)13-24(31)23(11-18-7-3-2-4-8-18)27-17-22-9-5-6-10-26-22/h2-10,12,14-16,23,27H,11,13,17H2,1H3,(H,29,30)/t23-/m0/s1. The molecule has 0 saturated heterocycles. The lowest BCUT2D eigenvalue weighted by Gasteiger charge is -2.19. The van der Waals surface area contributed by atoms with E-state index in [2.05, 4.69) is 25.5 Å². The topological polar surface area (TPSA) is 92.8 Å². The van der Waals surface area contributed by atoms with Gasteiger partial charge in [0.25, 0.3) is 0 Å². The van der Waals surface area contributed by atoms with Gasteiger partial charge in [-0.3, -0.25) is 14.9 Å². The number of pyridine rings is 2. The summed E-state index contributed by atoms with van der Waals surface area (Å²) >= 11 is 0. The van der Waals surface area contributed by atoms with Crippen molar-refractivity contribution >= 4 is 5.78 Å². The summed E-state index contributed by atoms with van der Waals surface area (Å²) in [7, 11) is 1.56. The Morgan fingerprint density at radius 3 is 2.62 bits per heavy atom. The lowest BCUT2D eigenvalue weighted by atomic mass is 9.97. The van der Waals surface area contributed by atoms with Gasteiger partial charge in [-0.1, -0.05) is 36.4 Å². The van der Waals surface area contributed by atoms with Crippen molar-refractivity contribution in [3.8, 4) is 17.0 Å². The van der Waals surface area contributed by atoms with Crippen molar-refractivity contribution < 1.29 is 9.53 Å². The second-order valence-corrected chi connectivity index (χ2v) is 7.47. The van der Waals surface area contributed by atoms with Gasteiger partial charge in [-0.15, -0.1) is 0 Å². The number of Topliss-reactive ketones (excluding diaryl/α,β-unsaturated/α-hetero) is 1. The number of hydrogen-bond donors (Lipinski definition) is 2. The molecule has 0 aliphatic rings. The molecule has 0 amide bonds. The second kappa shape index (κ2) is 10.5. The number of ketones is 1. The molecule has 0 unspecified atom stereocenters. The summed E-state index contributed by atoms with van der Waals surface area (Å²) in [6.07, 6.45) is 7.78. The fourth-order valence-electron chi connectivity index (χ4n) is 3.57. The molecule has 32 heavy (non-hydrogen) atoms. The Kier molecular flexibility index (Phi) is 6.99. The van der Waals surface area contributed by atoms with Gasteiger partial charge in [-0.25, -0.2) is 4.98 Å².